The summed E-state index contributed by atoms with van der Waals surface area (Å²) in [5.41, 5.74) is 0. The largest absolute Gasteiger partial charge is 0.324 e. The van der Waals surface area contributed by atoms with Gasteiger partial charge in [0.15, 0.2) is 0 Å². The summed E-state index contributed by atoms with van der Waals surface area (Å²) in [7, 11) is 0. The van der Waals surface area contributed by atoms with E-state index in [2.05, 4.69) is 27.7 Å². The van der Waals surface area contributed by atoms with E-state index in [1.54, 1.807) is 0 Å². The predicted molar refractivity (Wildman–Crippen MR) is 213 cm³/mol. The molecule has 0 heterocycles. The summed E-state index contributed by atoms with van der Waals surface area (Å²) in [6, 6.07) is 0. The zero-order valence-corrected chi connectivity index (χ0v) is 33.4. The molecule has 0 bridgehead atoms. The smallest absolute Gasteiger partial charge is 0.0786 e. The summed E-state index contributed by atoms with van der Waals surface area (Å²) in [5.74, 6) is 0. The fourth-order valence-corrected chi connectivity index (χ4v) is 7.88. The average Bonchev–Trinajstić information content (AvgIpc) is 3.06. The lowest BCUT2D eigenvalue weighted by Crippen LogP contribution is -2.50. The van der Waals surface area contributed by atoms with Crippen molar-refractivity contribution >= 4 is 0 Å². The van der Waals surface area contributed by atoms with Gasteiger partial charge in [0.05, 0.1) is 26.2 Å². The minimum Gasteiger partial charge on any atom is -0.324 e. The number of rotatable bonds is 41. The summed E-state index contributed by atoms with van der Waals surface area (Å²) in [6.07, 6.45) is 54.2. The maximum absolute atomic E-state index is 2.35. The highest BCUT2D eigenvalue weighted by Crippen LogP contribution is 2.21. The molecule has 278 valence electrons. The van der Waals surface area contributed by atoms with Gasteiger partial charge in [0.1, 0.15) is 0 Å². The average molecular weight is 649 g/mol. The third-order valence-electron chi connectivity index (χ3n) is 11.2. The van der Waals surface area contributed by atoms with Gasteiger partial charge in [-0.15, -0.1) is 0 Å². The third-order valence-corrected chi connectivity index (χ3v) is 11.2. The van der Waals surface area contributed by atoms with E-state index in [1.807, 2.05) is 0 Å². The van der Waals surface area contributed by atoms with E-state index in [-0.39, 0.29) is 0 Å². The molecule has 0 aromatic heterocycles. The van der Waals surface area contributed by atoms with Crippen molar-refractivity contribution in [2.75, 3.05) is 26.2 Å². The molecular formula is C45H94N+. The van der Waals surface area contributed by atoms with Crippen molar-refractivity contribution in [2.24, 2.45) is 0 Å². The molecule has 0 aromatic rings. The van der Waals surface area contributed by atoms with E-state index in [1.165, 1.54) is 268 Å². The van der Waals surface area contributed by atoms with Crippen LogP contribution in [0, 0.1) is 0 Å². The quantitative estimate of drug-likeness (QED) is 0.0457. The monoisotopic (exact) mass is 649 g/mol. The van der Waals surface area contributed by atoms with Gasteiger partial charge in [-0.1, -0.05) is 214 Å². The highest BCUT2D eigenvalue weighted by molar-refractivity contribution is 4.56. The maximum Gasteiger partial charge on any atom is 0.0786 e. The standard InChI is InChI=1S/C45H94N/c1-5-9-13-17-21-24-27-31-35-39-43-46(42-38-34-30-20-16-12-8-4,44-40-36-32-28-25-22-18-14-10-6-2)45-41-37-33-29-26-23-19-15-11-7-3/h5-45H2,1-4H3/q+1. The fraction of sp³-hybridized carbons (Fsp3) is 1.00. The van der Waals surface area contributed by atoms with E-state index >= 15 is 0 Å². The molecular weight excluding hydrogens is 555 g/mol. The van der Waals surface area contributed by atoms with Crippen molar-refractivity contribution in [3.8, 4) is 0 Å². The predicted octanol–water partition coefficient (Wildman–Crippen LogP) is 16.3. The molecule has 46 heavy (non-hydrogen) atoms. The van der Waals surface area contributed by atoms with Crippen LogP contribution in [0.15, 0.2) is 0 Å². The minimum atomic E-state index is 1.37. The summed E-state index contributed by atoms with van der Waals surface area (Å²) >= 11 is 0. The molecule has 0 rings (SSSR count). The van der Waals surface area contributed by atoms with Crippen molar-refractivity contribution in [3.63, 3.8) is 0 Å². The zero-order chi connectivity index (χ0) is 33.5. The molecule has 0 fully saturated rings. The lowest BCUT2D eigenvalue weighted by atomic mass is 10.0. The lowest BCUT2D eigenvalue weighted by Gasteiger charge is -2.40. The number of quaternary nitrogens is 1. The third kappa shape index (κ3) is 33.8. The van der Waals surface area contributed by atoms with Crippen molar-refractivity contribution in [2.45, 2.75) is 265 Å². The van der Waals surface area contributed by atoms with Crippen LogP contribution in [0.5, 0.6) is 0 Å². The molecule has 0 saturated carbocycles. The molecule has 0 saturated heterocycles. The molecule has 0 unspecified atom stereocenters. The van der Waals surface area contributed by atoms with Crippen LogP contribution in [0.25, 0.3) is 0 Å². The first kappa shape index (κ1) is 46.0. The van der Waals surface area contributed by atoms with Crippen LogP contribution < -0.4 is 0 Å². The van der Waals surface area contributed by atoms with Crippen molar-refractivity contribution < 1.29 is 4.48 Å². The Morgan fingerprint density at radius 3 is 0.457 bits per heavy atom. The van der Waals surface area contributed by atoms with Gasteiger partial charge in [-0.05, 0) is 51.4 Å². The van der Waals surface area contributed by atoms with E-state index in [9.17, 15) is 0 Å². The lowest BCUT2D eigenvalue weighted by molar-refractivity contribution is -0.929. The molecule has 0 amide bonds. The second-order valence-electron chi connectivity index (χ2n) is 15.9. The van der Waals surface area contributed by atoms with Crippen LogP contribution in [0.4, 0.5) is 0 Å². The number of nitrogens with zero attached hydrogens (tertiary/aromatic N) is 1. The summed E-state index contributed by atoms with van der Waals surface area (Å²) in [6.45, 7) is 15.3. The highest BCUT2D eigenvalue weighted by atomic mass is 15.3. The van der Waals surface area contributed by atoms with E-state index in [4.69, 9.17) is 0 Å². The van der Waals surface area contributed by atoms with Crippen LogP contribution in [0.3, 0.4) is 0 Å². The number of hydrogen-bond donors (Lipinski definition) is 0. The topological polar surface area (TPSA) is 0 Å². The van der Waals surface area contributed by atoms with Crippen LogP contribution in [-0.2, 0) is 0 Å². The van der Waals surface area contributed by atoms with Crippen molar-refractivity contribution in [1.29, 1.82) is 0 Å². The molecule has 0 N–H and O–H groups in total. The fourth-order valence-electron chi connectivity index (χ4n) is 7.88. The Kier molecular flexibility index (Phi) is 39.4. The van der Waals surface area contributed by atoms with Gasteiger partial charge in [0, 0.05) is 0 Å². The Balaban J connectivity index is 4.81. The van der Waals surface area contributed by atoms with Gasteiger partial charge >= 0.3 is 0 Å². The SMILES string of the molecule is CCCCCCCCCCCC[N+](CCCCCCCCC)(CCCCCCCCCCCC)CCCCCCCCCCCC. The van der Waals surface area contributed by atoms with E-state index in [0.717, 1.165) is 0 Å². The summed E-state index contributed by atoms with van der Waals surface area (Å²) < 4.78 is 1.49. The normalized spacial score (nSPS) is 12.0. The van der Waals surface area contributed by atoms with Crippen molar-refractivity contribution in [1.82, 2.24) is 0 Å². The molecule has 0 aliphatic heterocycles. The zero-order valence-electron chi connectivity index (χ0n) is 33.4. The minimum absolute atomic E-state index is 1.37. The van der Waals surface area contributed by atoms with Crippen LogP contribution >= 0.6 is 0 Å². The van der Waals surface area contributed by atoms with Gasteiger partial charge in [0.25, 0.3) is 0 Å². The Bertz CT molecular complexity index is 467. The van der Waals surface area contributed by atoms with E-state index < -0.39 is 0 Å². The molecule has 0 aromatic carbocycles. The Labute approximate surface area is 295 Å². The van der Waals surface area contributed by atoms with Gasteiger partial charge in [-0.3, -0.25) is 0 Å². The molecule has 0 atom stereocenters. The molecule has 0 radical (unpaired) electrons. The van der Waals surface area contributed by atoms with Crippen molar-refractivity contribution in [3.05, 3.63) is 0 Å². The summed E-state index contributed by atoms with van der Waals surface area (Å²) in [4.78, 5) is 0. The summed E-state index contributed by atoms with van der Waals surface area (Å²) in [5, 5.41) is 0. The first-order chi connectivity index (χ1) is 22.7. The van der Waals surface area contributed by atoms with E-state index in [0.29, 0.717) is 0 Å². The number of hydrogen-bond acceptors (Lipinski definition) is 0. The molecule has 1 nitrogen and oxygen atoms in total. The Morgan fingerprint density at radius 1 is 0.174 bits per heavy atom. The van der Waals surface area contributed by atoms with Crippen LogP contribution in [0.2, 0.25) is 0 Å². The molecule has 0 spiro atoms. The maximum atomic E-state index is 2.35. The van der Waals surface area contributed by atoms with Gasteiger partial charge in [-0.2, -0.15) is 0 Å². The second kappa shape index (κ2) is 39.4. The Morgan fingerprint density at radius 2 is 0.304 bits per heavy atom. The molecule has 1 heteroatoms. The van der Waals surface area contributed by atoms with Gasteiger partial charge in [-0.25, -0.2) is 0 Å². The van der Waals surface area contributed by atoms with Gasteiger partial charge < -0.3 is 4.48 Å². The van der Waals surface area contributed by atoms with Gasteiger partial charge in [0.2, 0.25) is 0 Å². The van der Waals surface area contributed by atoms with Crippen LogP contribution in [0.1, 0.15) is 265 Å². The highest BCUT2D eigenvalue weighted by Gasteiger charge is 2.25. The molecule has 0 aliphatic carbocycles. The van der Waals surface area contributed by atoms with Crippen LogP contribution in [-0.4, -0.2) is 30.7 Å². The second-order valence-corrected chi connectivity index (χ2v) is 15.9. The first-order valence-corrected chi connectivity index (χ1v) is 22.6. The number of unbranched alkanes of at least 4 members (excludes halogenated alkanes) is 33. The first-order valence-electron chi connectivity index (χ1n) is 22.6. The Hall–Kier alpha value is -0.0400. The molecule has 0 aliphatic rings.